The van der Waals surface area contributed by atoms with E-state index in [1.54, 1.807) is 0 Å². The maximum absolute atomic E-state index is 5.72. The molecule has 3 N–H and O–H groups in total. The van der Waals surface area contributed by atoms with Gasteiger partial charge >= 0.3 is 0 Å². The number of rotatable bonds is 5. The van der Waals surface area contributed by atoms with Crippen LogP contribution in [-0.4, -0.2) is 21.7 Å². The van der Waals surface area contributed by atoms with Crippen molar-refractivity contribution in [3.05, 3.63) is 11.6 Å². The van der Waals surface area contributed by atoms with Crippen molar-refractivity contribution in [1.29, 1.82) is 0 Å². The van der Waals surface area contributed by atoms with Gasteiger partial charge in [-0.3, -0.25) is 5.10 Å². The van der Waals surface area contributed by atoms with E-state index in [-0.39, 0.29) is 0 Å². The highest BCUT2D eigenvalue weighted by Gasteiger charge is 2.20. The van der Waals surface area contributed by atoms with Crippen molar-refractivity contribution in [2.24, 2.45) is 11.7 Å². The van der Waals surface area contributed by atoms with Crippen LogP contribution in [-0.2, 0) is 6.42 Å². The van der Waals surface area contributed by atoms with Crippen LogP contribution in [0.2, 0.25) is 0 Å². The summed E-state index contributed by atoms with van der Waals surface area (Å²) < 4.78 is 0. The second kappa shape index (κ2) is 6.15. The van der Waals surface area contributed by atoms with Gasteiger partial charge in [-0.2, -0.15) is 5.10 Å². The Morgan fingerprint density at radius 3 is 2.76 bits per heavy atom. The van der Waals surface area contributed by atoms with Crippen molar-refractivity contribution in [3.63, 3.8) is 0 Å². The van der Waals surface area contributed by atoms with E-state index in [2.05, 4.69) is 22.1 Å². The molecule has 0 aromatic carbocycles. The minimum atomic E-state index is 0.530. The highest BCUT2D eigenvalue weighted by Crippen LogP contribution is 2.30. The van der Waals surface area contributed by atoms with E-state index >= 15 is 0 Å². The first kappa shape index (κ1) is 12.6. The van der Waals surface area contributed by atoms with Gasteiger partial charge < -0.3 is 5.73 Å². The van der Waals surface area contributed by atoms with Gasteiger partial charge in [0.15, 0.2) is 5.82 Å². The van der Waals surface area contributed by atoms with Crippen LogP contribution in [0.5, 0.6) is 0 Å². The molecule has 1 fully saturated rings. The number of aromatic amines is 1. The Balaban J connectivity index is 1.94. The highest BCUT2D eigenvalue weighted by molar-refractivity contribution is 4.99. The SMILES string of the molecule is CCC(CN)Cc1nc(C2CCCCC2)n[nH]1. The van der Waals surface area contributed by atoms with Gasteiger partial charge in [-0.15, -0.1) is 0 Å². The first-order chi connectivity index (χ1) is 8.33. The number of hydrogen-bond donors (Lipinski definition) is 2. The molecule has 17 heavy (non-hydrogen) atoms. The van der Waals surface area contributed by atoms with Crippen molar-refractivity contribution < 1.29 is 0 Å². The number of nitrogens with two attached hydrogens (primary N) is 1. The normalized spacial score (nSPS) is 19.4. The predicted molar refractivity (Wildman–Crippen MR) is 68.7 cm³/mol. The van der Waals surface area contributed by atoms with Crippen molar-refractivity contribution in [1.82, 2.24) is 15.2 Å². The summed E-state index contributed by atoms with van der Waals surface area (Å²) in [5.41, 5.74) is 5.72. The number of hydrogen-bond acceptors (Lipinski definition) is 3. The van der Waals surface area contributed by atoms with Crippen molar-refractivity contribution in [2.75, 3.05) is 6.54 Å². The van der Waals surface area contributed by atoms with E-state index < -0.39 is 0 Å². The molecule has 0 bridgehead atoms. The van der Waals surface area contributed by atoms with E-state index in [1.807, 2.05) is 0 Å². The van der Waals surface area contributed by atoms with Crippen LogP contribution < -0.4 is 5.73 Å². The summed E-state index contributed by atoms with van der Waals surface area (Å²) in [4.78, 5) is 4.65. The van der Waals surface area contributed by atoms with Gasteiger partial charge in [0.05, 0.1) is 0 Å². The van der Waals surface area contributed by atoms with E-state index in [4.69, 9.17) is 5.73 Å². The summed E-state index contributed by atoms with van der Waals surface area (Å²) in [6.07, 6.45) is 8.59. The van der Waals surface area contributed by atoms with Crippen LogP contribution in [0, 0.1) is 5.92 Å². The quantitative estimate of drug-likeness (QED) is 0.824. The van der Waals surface area contributed by atoms with E-state index in [0.29, 0.717) is 11.8 Å². The fourth-order valence-electron chi connectivity index (χ4n) is 2.61. The predicted octanol–water partition coefficient (Wildman–Crippen LogP) is 2.38. The van der Waals surface area contributed by atoms with Crippen LogP contribution in [0.15, 0.2) is 0 Å². The summed E-state index contributed by atoms with van der Waals surface area (Å²) in [7, 11) is 0. The lowest BCUT2D eigenvalue weighted by atomic mass is 9.89. The third-order valence-corrected chi connectivity index (χ3v) is 3.91. The Kier molecular flexibility index (Phi) is 4.54. The third-order valence-electron chi connectivity index (χ3n) is 3.91. The Labute approximate surface area is 103 Å². The summed E-state index contributed by atoms with van der Waals surface area (Å²) >= 11 is 0. The van der Waals surface area contributed by atoms with Crippen molar-refractivity contribution in [2.45, 2.75) is 57.8 Å². The number of nitrogens with zero attached hydrogens (tertiary/aromatic N) is 2. The average molecular weight is 236 g/mol. The van der Waals surface area contributed by atoms with Crippen LogP contribution in [0.3, 0.4) is 0 Å². The molecule has 1 aromatic heterocycles. The lowest BCUT2D eigenvalue weighted by molar-refractivity contribution is 0.429. The minimum absolute atomic E-state index is 0.530. The van der Waals surface area contributed by atoms with Crippen LogP contribution in [0.1, 0.15) is 63.0 Å². The smallest absolute Gasteiger partial charge is 0.153 e. The molecule has 0 aliphatic heterocycles. The fourth-order valence-corrected chi connectivity index (χ4v) is 2.61. The maximum atomic E-state index is 5.72. The van der Waals surface area contributed by atoms with Crippen LogP contribution in [0.4, 0.5) is 0 Å². The second-order valence-electron chi connectivity index (χ2n) is 5.19. The molecule has 4 heteroatoms. The molecule has 1 aliphatic carbocycles. The van der Waals surface area contributed by atoms with Gasteiger partial charge in [-0.1, -0.05) is 32.6 Å². The first-order valence-corrected chi connectivity index (χ1v) is 6.94. The highest BCUT2D eigenvalue weighted by atomic mass is 15.2. The second-order valence-corrected chi connectivity index (χ2v) is 5.19. The fraction of sp³-hybridized carbons (Fsp3) is 0.846. The monoisotopic (exact) mass is 236 g/mol. The van der Waals surface area contributed by atoms with E-state index in [0.717, 1.165) is 31.0 Å². The first-order valence-electron chi connectivity index (χ1n) is 6.94. The average Bonchev–Trinajstić information content (AvgIpc) is 2.85. The molecule has 1 unspecified atom stereocenters. The molecule has 0 spiro atoms. The van der Waals surface area contributed by atoms with Crippen LogP contribution in [0.25, 0.3) is 0 Å². The number of aromatic nitrogens is 3. The summed E-state index contributed by atoms with van der Waals surface area (Å²) in [6, 6.07) is 0. The lowest BCUT2D eigenvalue weighted by Gasteiger charge is -2.18. The largest absolute Gasteiger partial charge is 0.330 e. The Hall–Kier alpha value is -0.900. The Morgan fingerprint density at radius 2 is 2.12 bits per heavy atom. The van der Waals surface area contributed by atoms with E-state index in [1.165, 1.54) is 32.1 Å². The van der Waals surface area contributed by atoms with Crippen molar-refractivity contribution >= 4 is 0 Å². The summed E-state index contributed by atoms with van der Waals surface area (Å²) in [6.45, 7) is 2.91. The third kappa shape index (κ3) is 3.28. The zero-order valence-electron chi connectivity index (χ0n) is 10.8. The molecule has 0 amide bonds. The molecule has 0 radical (unpaired) electrons. The standard InChI is InChI=1S/C13H24N4/c1-2-10(9-14)8-12-15-13(17-16-12)11-6-4-3-5-7-11/h10-11H,2-9,14H2,1H3,(H,15,16,17). The molecule has 1 heterocycles. The molecule has 1 aromatic rings. The van der Waals surface area contributed by atoms with Gasteiger partial charge in [0.1, 0.15) is 5.82 Å². The molecule has 1 atom stereocenters. The molecular formula is C13H24N4. The zero-order valence-corrected chi connectivity index (χ0v) is 10.8. The van der Waals surface area contributed by atoms with Gasteiger partial charge in [-0.05, 0) is 25.3 Å². The van der Waals surface area contributed by atoms with Gasteiger partial charge in [0, 0.05) is 12.3 Å². The topological polar surface area (TPSA) is 67.6 Å². The Bertz CT molecular complexity index is 324. The maximum Gasteiger partial charge on any atom is 0.153 e. The summed E-state index contributed by atoms with van der Waals surface area (Å²) in [5.74, 6) is 3.17. The molecular weight excluding hydrogens is 212 g/mol. The Morgan fingerprint density at radius 1 is 1.35 bits per heavy atom. The minimum Gasteiger partial charge on any atom is -0.330 e. The van der Waals surface area contributed by atoms with Crippen molar-refractivity contribution in [3.8, 4) is 0 Å². The molecule has 2 rings (SSSR count). The lowest BCUT2D eigenvalue weighted by Crippen LogP contribution is -2.16. The van der Waals surface area contributed by atoms with E-state index in [9.17, 15) is 0 Å². The molecule has 0 saturated heterocycles. The van der Waals surface area contributed by atoms with Gasteiger partial charge in [0.25, 0.3) is 0 Å². The van der Waals surface area contributed by atoms with Gasteiger partial charge in [-0.25, -0.2) is 4.98 Å². The van der Waals surface area contributed by atoms with Crippen LogP contribution >= 0.6 is 0 Å². The summed E-state index contributed by atoms with van der Waals surface area (Å²) in [5, 5.41) is 7.47. The zero-order chi connectivity index (χ0) is 12.1. The number of H-pyrrole nitrogens is 1. The molecule has 1 saturated carbocycles. The molecule has 4 nitrogen and oxygen atoms in total. The molecule has 96 valence electrons. The number of nitrogens with one attached hydrogen (secondary N) is 1. The van der Waals surface area contributed by atoms with Gasteiger partial charge in [0.2, 0.25) is 0 Å². The molecule has 1 aliphatic rings.